The number of piperidine rings is 1. The number of alkyl halides is 1. The molecular formula is C34H38FN9O5. The molecule has 4 atom stereocenters. The highest BCUT2D eigenvalue weighted by Gasteiger charge is 2.42. The number of rotatable bonds is 8. The fourth-order valence-electron chi connectivity index (χ4n) is 6.65. The van der Waals surface area contributed by atoms with Crippen LogP contribution in [0.2, 0.25) is 0 Å². The number of ether oxygens (including phenoxy) is 3. The molecule has 4 aliphatic rings. The highest BCUT2D eigenvalue weighted by atomic mass is 19.1. The smallest absolute Gasteiger partial charge is 0.408 e. The van der Waals surface area contributed by atoms with Gasteiger partial charge in [0, 0.05) is 44.7 Å². The number of carbonyl (C=O) groups is 2. The molecule has 14 nitrogen and oxygen atoms in total. The number of carbonyl (C=O) groups excluding carboxylic acids is 2. The van der Waals surface area contributed by atoms with Gasteiger partial charge >= 0.3 is 6.09 Å². The molecule has 15 heteroatoms. The van der Waals surface area contributed by atoms with Gasteiger partial charge in [-0.2, -0.15) is 15.2 Å². The van der Waals surface area contributed by atoms with Gasteiger partial charge in [-0.25, -0.2) is 24.2 Å². The predicted octanol–water partition coefficient (Wildman–Crippen LogP) is 2.60. The quantitative estimate of drug-likeness (QED) is 0.375. The number of para-hydroxylation sites is 1. The molecule has 7 rings (SSSR count). The van der Waals surface area contributed by atoms with Crippen molar-refractivity contribution in [2.24, 2.45) is 0 Å². The Kier molecular flexibility index (Phi) is 9.26. The average Bonchev–Trinajstić information content (AvgIpc) is 3.44. The van der Waals surface area contributed by atoms with Gasteiger partial charge < -0.3 is 24.4 Å². The van der Waals surface area contributed by atoms with Gasteiger partial charge in [0.2, 0.25) is 11.9 Å². The topological polar surface area (TPSA) is 149 Å². The summed E-state index contributed by atoms with van der Waals surface area (Å²) in [7, 11) is 0. The number of hydrazine groups is 1. The summed E-state index contributed by atoms with van der Waals surface area (Å²) < 4.78 is 31.9. The molecule has 4 aliphatic heterocycles. The van der Waals surface area contributed by atoms with E-state index in [9.17, 15) is 14.9 Å². The highest BCUT2D eigenvalue weighted by Crippen LogP contribution is 2.33. The lowest BCUT2D eigenvalue weighted by Gasteiger charge is -2.45. The number of aryl methyl sites for hydroxylation is 1. The van der Waals surface area contributed by atoms with E-state index in [-0.39, 0.29) is 31.0 Å². The Morgan fingerprint density at radius 2 is 1.90 bits per heavy atom. The standard InChI is InChI=1S/C34H38FN9O5/c1-21-14-26(23(16-36)15-29(21)49-28-8-9-42(17-27(28)35)32(45)30-22(2)48-34(46)39-30)31-37-20-38-33(40-31)44(24-6-4-3-5-7-24)43-12-10-41(11-13-43)25-18-47-19-25/h3-7,14-15,20,22,25,27-28,30H,8-13,17-19H2,1-2H3,(H,39,46)/t22-,27-,28-,30-/m0/s1. The van der Waals surface area contributed by atoms with Gasteiger partial charge in [0.15, 0.2) is 12.0 Å². The zero-order valence-electron chi connectivity index (χ0n) is 27.4. The molecule has 0 unspecified atom stereocenters. The zero-order valence-corrected chi connectivity index (χ0v) is 27.4. The lowest BCUT2D eigenvalue weighted by Crippen LogP contribution is -2.59. The first-order chi connectivity index (χ1) is 23.8. The van der Waals surface area contributed by atoms with Gasteiger partial charge in [0.1, 0.15) is 36.4 Å². The van der Waals surface area contributed by atoms with Crippen molar-refractivity contribution in [3.8, 4) is 23.2 Å². The summed E-state index contributed by atoms with van der Waals surface area (Å²) in [4.78, 5) is 42.2. The number of cyclic esters (lactones) is 1. The summed E-state index contributed by atoms with van der Waals surface area (Å²) in [6, 6.07) is 15.1. The molecule has 0 aliphatic carbocycles. The van der Waals surface area contributed by atoms with E-state index < -0.39 is 30.5 Å². The van der Waals surface area contributed by atoms with Gasteiger partial charge in [-0.3, -0.25) is 9.69 Å². The molecule has 49 heavy (non-hydrogen) atoms. The molecule has 0 bridgehead atoms. The lowest BCUT2D eigenvalue weighted by atomic mass is 10.0. The Bertz CT molecular complexity index is 1730. The first-order valence-corrected chi connectivity index (χ1v) is 16.5. The molecule has 2 aromatic carbocycles. The molecule has 3 aromatic rings. The van der Waals surface area contributed by atoms with Crippen molar-refractivity contribution < 1.29 is 28.2 Å². The summed E-state index contributed by atoms with van der Waals surface area (Å²) in [5, 5.41) is 16.9. The van der Waals surface area contributed by atoms with E-state index in [1.54, 1.807) is 19.1 Å². The van der Waals surface area contributed by atoms with E-state index in [2.05, 4.69) is 31.3 Å². The Hall–Kier alpha value is -4.91. The van der Waals surface area contributed by atoms with Crippen LogP contribution >= 0.6 is 0 Å². The van der Waals surface area contributed by atoms with Gasteiger partial charge in [0.25, 0.3) is 0 Å². The van der Waals surface area contributed by atoms with Crippen molar-refractivity contribution in [2.45, 2.75) is 50.7 Å². The van der Waals surface area contributed by atoms with Crippen molar-refractivity contribution >= 4 is 23.6 Å². The monoisotopic (exact) mass is 671 g/mol. The Morgan fingerprint density at radius 3 is 2.55 bits per heavy atom. The van der Waals surface area contributed by atoms with Crippen LogP contribution in [-0.2, 0) is 14.3 Å². The van der Waals surface area contributed by atoms with E-state index in [0.29, 0.717) is 34.7 Å². The second-order valence-electron chi connectivity index (χ2n) is 12.7. The minimum absolute atomic E-state index is 0.180. The number of nitriles is 1. The number of alkyl carbamates (subject to hydrolysis) is 1. The molecule has 0 spiro atoms. The molecular weight excluding hydrogens is 633 g/mol. The Balaban J connectivity index is 1.08. The van der Waals surface area contributed by atoms with Crippen LogP contribution in [0.25, 0.3) is 11.4 Å². The minimum atomic E-state index is -1.48. The van der Waals surface area contributed by atoms with Crippen molar-refractivity contribution in [3.05, 3.63) is 59.9 Å². The largest absolute Gasteiger partial charge is 0.487 e. The molecule has 0 saturated carbocycles. The molecule has 1 N–H and O–H groups in total. The molecule has 4 saturated heterocycles. The van der Waals surface area contributed by atoms with Crippen LogP contribution in [0.5, 0.6) is 5.75 Å². The fraction of sp³-hybridized carbons (Fsp3) is 0.471. The maximum Gasteiger partial charge on any atom is 0.408 e. The summed E-state index contributed by atoms with van der Waals surface area (Å²) in [6.45, 7) is 8.37. The number of nitrogens with one attached hydrogen (secondary N) is 1. The summed E-state index contributed by atoms with van der Waals surface area (Å²) in [5.74, 6) is 0.737. The second kappa shape index (κ2) is 13.9. The van der Waals surface area contributed by atoms with Gasteiger partial charge in [-0.05, 0) is 43.7 Å². The lowest BCUT2D eigenvalue weighted by molar-refractivity contribution is -0.138. The van der Waals surface area contributed by atoms with Gasteiger partial charge in [-0.1, -0.05) is 18.2 Å². The molecule has 2 amide bonds. The Morgan fingerprint density at radius 1 is 1.12 bits per heavy atom. The van der Waals surface area contributed by atoms with Crippen molar-refractivity contribution in [3.63, 3.8) is 0 Å². The summed E-state index contributed by atoms with van der Waals surface area (Å²) >= 11 is 0. The summed E-state index contributed by atoms with van der Waals surface area (Å²) in [6.07, 6.45) is -1.92. The molecule has 4 fully saturated rings. The summed E-state index contributed by atoms with van der Waals surface area (Å²) in [5.41, 5.74) is 2.36. The van der Waals surface area contributed by atoms with Crippen LogP contribution in [-0.4, -0.2) is 125 Å². The number of likely N-dealkylation sites (tertiary alicyclic amines) is 1. The number of anilines is 2. The number of nitrogens with zero attached hydrogens (tertiary/aromatic N) is 8. The van der Waals surface area contributed by atoms with Gasteiger partial charge in [0.05, 0.1) is 37.1 Å². The van der Waals surface area contributed by atoms with Crippen molar-refractivity contribution in [1.29, 1.82) is 5.26 Å². The average molecular weight is 672 g/mol. The third-order valence-corrected chi connectivity index (χ3v) is 9.51. The van der Waals surface area contributed by atoms with Crippen LogP contribution in [0.3, 0.4) is 0 Å². The fourth-order valence-corrected chi connectivity index (χ4v) is 6.65. The molecule has 1 aromatic heterocycles. The number of amides is 2. The molecule has 5 heterocycles. The van der Waals surface area contributed by atoms with E-state index in [1.165, 1.54) is 11.2 Å². The molecule has 256 valence electrons. The van der Waals surface area contributed by atoms with E-state index in [0.717, 1.165) is 45.1 Å². The van der Waals surface area contributed by atoms with E-state index in [1.807, 2.05) is 42.3 Å². The first-order valence-electron chi connectivity index (χ1n) is 16.5. The van der Waals surface area contributed by atoms with Gasteiger partial charge in [-0.15, -0.1) is 0 Å². The molecule has 0 radical (unpaired) electrons. The van der Waals surface area contributed by atoms with Crippen molar-refractivity contribution in [2.75, 3.05) is 57.5 Å². The van der Waals surface area contributed by atoms with Crippen LogP contribution < -0.4 is 15.1 Å². The van der Waals surface area contributed by atoms with Crippen LogP contribution in [0, 0.1) is 18.3 Å². The zero-order chi connectivity index (χ0) is 34.1. The van der Waals surface area contributed by atoms with E-state index >= 15 is 4.39 Å². The number of hydrogen-bond acceptors (Lipinski definition) is 12. The number of hydrogen-bond donors (Lipinski definition) is 1. The van der Waals surface area contributed by atoms with Crippen LogP contribution in [0.4, 0.5) is 20.8 Å². The number of aromatic nitrogens is 3. The Labute approximate surface area is 283 Å². The highest BCUT2D eigenvalue weighted by molar-refractivity contribution is 5.88. The van der Waals surface area contributed by atoms with E-state index in [4.69, 9.17) is 19.2 Å². The number of halogens is 1. The van der Waals surface area contributed by atoms with Crippen LogP contribution in [0.1, 0.15) is 24.5 Å². The number of piperazine rings is 1. The third-order valence-electron chi connectivity index (χ3n) is 9.51. The van der Waals surface area contributed by atoms with Crippen LogP contribution in [0.15, 0.2) is 48.8 Å². The SMILES string of the molecule is Cc1cc(-c2ncnc(N(c3ccccc3)N3CCN(C4COC4)CC3)n2)c(C#N)cc1O[C@H]1CCN(C(=O)[C@H]2NC(=O)O[C@H]2C)C[C@@H]1F. The minimum Gasteiger partial charge on any atom is -0.487 e. The second-order valence-corrected chi connectivity index (χ2v) is 12.7. The maximum atomic E-state index is 15.4. The normalized spacial score (nSPS) is 24.8. The number of benzene rings is 2. The van der Waals surface area contributed by atoms with Crippen molar-refractivity contribution in [1.82, 2.24) is 35.1 Å². The predicted molar refractivity (Wildman–Crippen MR) is 174 cm³/mol. The first kappa shape index (κ1) is 32.6. The maximum absolute atomic E-state index is 15.4. The third kappa shape index (κ3) is 6.71.